The van der Waals surface area contributed by atoms with E-state index in [0.29, 0.717) is 16.5 Å². The van der Waals surface area contributed by atoms with E-state index >= 15 is 0 Å². The van der Waals surface area contributed by atoms with Crippen molar-refractivity contribution in [1.29, 1.82) is 0 Å². The highest BCUT2D eigenvalue weighted by molar-refractivity contribution is 14.1. The number of aryl methyl sites for hydroxylation is 2. The van der Waals surface area contributed by atoms with Gasteiger partial charge in [-0.15, -0.1) is 0 Å². The Balaban J connectivity index is 2.55. The molecule has 0 N–H and O–H groups in total. The fraction of sp³-hybridized carbons (Fsp3) is 0.286. The zero-order valence-electron chi connectivity index (χ0n) is 10.7. The zero-order chi connectivity index (χ0) is 14.0. The summed E-state index contributed by atoms with van der Waals surface area (Å²) in [4.78, 5) is 8.75. The molecule has 0 spiro atoms. The number of aromatic nitrogens is 2. The van der Waals surface area contributed by atoms with Crippen LogP contribution in [0, 0.1) is 16.3 Å². The molecule has 0 aliphatic rings. The Kier molecular flexibility index (Phi) is 4.73. The van der Waals surface area contributed by atoms with Gasteiger partial charge in [-0.05, 0) is 59.7 Å². The third-order valence-electron chi connectivity index (χ3n) is 2.67. The van der Waals surface area contributed by atoms with Gasteiger partial charge in [0.1, 0.15) is 11.0 Å². The Bertz CT molecular complexity index is 596. The number of hydrogen-bond donors (Lipinski definition) is 0. The van der Waals surface area contributed by atoms with E-state index in [1.54, 1.807) is 0 Å². The van der Waals surface area contributed by atoms with Gasteiger partial charge in [0.2, 0.25) is 0 Å². The first-order chi connectivity index (χ1) is 9.01. The van der Waals surface area contributed by atoms with Crippen LogP contribution in [-0.2, 0) is 6.42 Å². The first kappa shape index (κ1) is 14.7. The highest BCUT2D eigenvalue weighted by Crippen LogP contribution is 2.25. The third-order valence-corrected chi connectivity index (χ3v) is 4.39. The molecule has 1 aromatic carbocycles. The predicted molar refractivity (Wildman–Crippen MR) is 83.9 cm³/mol. The van der Waals surface area contributed by atoms with E-state index in [1.165, 1.54) is 12.1 Å². The zero-order valence-corrected chi connectivity index (χ0v) is 13.6. The molecule has 5 heteroatoms. The van der Waals surface area contributed by atoms with Crippen molar-refractivity contribution in [2.24, 2.45) is 0 Å². The molecule has 0 aliphatic carbocycles. The smallest absolute Gasteiger partial charge is 0.161 e. The molecular formula is C14H13ClFIN2. The van der Waals surface area contributed by atoms with E-state index in [4.69, 9.17) is 11.6 Å². The van der Waals surface area contributed by atoms with Crippen LogP contribution in [0.25, 0.3) is 11.4 Å². The van der Waals surface area contributed by atoms with Crippen LogP contribution in [0.4, 0.5) is 4.39 Å². The number of benzene rings is 1. The Morgan fingerprint density at radius 2 is 2.00 bits per heavy atom. The van der Waals surface area contributed by atoms with E-state index in [9.17, 15) is 4.39 Å². The van der Waals surface area contributed by atoms with Crippen LogP contribution in [0.1, 0.15) is 24.6 Å². The fourth-order valence-corrected chi connectivity index (χ4v) is 2.56. The Labute approximate surface area is 130 Å². The summed E-state index contributed by atoms with van der Waals surface area (Å²) in [6, 6.07) is 4.77. The van der Waals surface area contributed by atoms with Gasteiger partial charge >= 0.3 is 0 Å². The average molecular weight is 391 g/mol. The van der Waals surface area contributed by atoms with Crippen LogP contribution >= 0.6 is 34.2 Å². The number of nitrogens with zero attached hydrogens (tertiary/aromatic N) is 2. The summed E-state index contributed by atoms with van der Waals surface area (Å²) in [6.45, 7) is 3.92. The maximum atomic E-state index is 13.5. The molecule has 0 saturated carbocycles. The van der Waals surface area contributed by atoms with Gasteiger partial charge in [0.25, 0.3) is 0 Å². The largest absolute Gasteiger partial charge is 0.232 e. The standard InChI is InChI=1S/C14H13ClFIN2/c1-3-4-11-12(17)13(15)19-14(18-11)9-5-8(2)6-10(16)7-9/h5-7H,3-4H2,1-2H3. The number of halogens is 3. The lowest BCUT2D eigenvalue weighted by atomic mass is 10.1. The molecule has 0 saturated heterocycles. The van der Waals surface area contributed by atoms with Gasteiger partial charge in [-0.1, -0.05) is 24.9 Å². The van der Waals surface area contributed by atoms with Crippen molar-refractivity contribution >= 4 is 34.2 Å². The maximum absolute atomic E-state index is 13.5. The molecule has 100 valence electrons. The molecule has 0 bridgehead atoms. The van der Waals surface area contributed by atoms with Crippen LogP contribution in [0.15, 0.2) is 18.2 Å². The molecule has 2 nitrogen and oxygen atoms in total. The van der Waals surface area contributed by atoms with E-state index < -0.39 is 0 Å². The number of hydrogen-bond acceptors (Lipinski definition) is 2. The molecule has 0 fully saturated rings. The third kappa shape index (κ3) is 3.42. The van der Waals surface area contributed by atoms with Crippen LogP contribution in [0.2, 0.25) is 5.15 Å². The second kappa shape index (κ2) is 6.13. The van der Waals surface area contributed by atoms with E-state index in [0.717, 1.165) is 27.7 Å². The second-order valence-electron chi connectivity index (χ2n) is 4.37. The minimum atomic E-state index is -0.287. The molecular weight excluding hydrogens is 378 g/mol. The summed E-state index contributed by atoms with van der Waals surface area (Å²) >= 11 is 8.28. The lowest BCUT2D eigenvalue weighted by Crippen LogP contribution is -2.01. The van der Waals surface area contributed by atoms with Crippen molar-refractivity contribution in [1.82, 2.24) is 9.97 Å². The summed E-state index contributed by atoms with van der Waals surface area (Å²) in [7, 11) is 0. The summed E-state index contributed by atoms with van der Waals surface area (Å²) in [6.07, 6.45) is 1.81. The monoisotopic (exact) mass is 390 g/mol. The molecule has 1 heterocycles. The summed E-state index contributed by atoms with van der Waals surface area (Å²) in [5.41, 5.74) is 2.42. The summed E-state index contributed by atoms with van der Waals surface area (Å²) < 4.78 is 14.3. The molecule has 19 heavy (non-hydrogen) atoms. The molecule has 2 rings (SSSR count). The first-order valence-corrected chi connectivity index (χ1v) is 7.46. The average Bonchev–Trinajstić information content (AvgIpc) is 2.33. The van der Waals surface area contributed by atoms with Gasteiger partial charge in [-0.2, -0.15) is 0 Å². The van der Waals surface area contributed by atoms with Crippen molar-refractivity contribution in [3.63, 3.8) is 0 Å². The molecule has 1 aromatic heterocycles. The molecule has 2 aromatic rings. The van der Waals surface area contributed by atoms with E-state index in [-0.39, 0.29) is 5.82 Å². The fourth-order valence-electron chi connectivity index (χ4n) is 1.86. The predicted octanol–water partition coefficient (Wildman–Crippen LogP) is 4.80. The molecule has 0 atom stereocenters. The highest BCUT2D eigenvalue weighted by Gasteiger charge is 2.12. The lowest BCUT2D eigenvalue weighted by Gasteiger charge is -2.08. The second-order valence-corrected chi connectivity index (χ2v) is 5.80. The van der Waals surface area contributed by atoms with E-state index in [2.05, 4.69) is 39.5 Å². The van der Waals surface area contributed by atoms with Crippen molar-refractivity contribution in [2.45, 2.75) is 26.7 Å². The van der Waals surface area contributed by atoms with Gasteiger partial charge in [-0.3, -0.25) is 0 Å². The van der Waals surface area contributed by atoms with Gasteiger partial charge < -0.3 is 0 Å². The van der Waals surface area contributed by atoms with E-state index in [1.807, 2.05) is 13.0 Å². The summed E-state index contributed by atoms with van der Waals surface area (Å²) in [5.74, 6) is 0.196. The van der Waals surface area contributed by atoms with Crippen LogP contribution in [0.3, 0.4) is 0 Å². The molecule has 0 radical (unpaired) electrons. The molecule has 0 unspecified atom stereocenters. The molecule has 0 amide bonds. The molecule has 0 aliphatic heterocycles. The minimum Gasteiger partial charge on any atom is -0.232 e. The van der Waals surface area contributed by atoms with Gasteiger partial charge in [-0.25, -0.2) is 14.4 Å². The van der Waals surface area contributed by atoms with Crippen LogP contribution in [-0.4, -0.2) is 9.97 Å². The van der Waals surface area contributed by atoms with Crippen LogP contribution in [0.5, 0.6) is 0 Å². The number of rotatable bonds is 3. The Morgan fingerprint density at radius 1 is 1.26 bits per heavy atom. The van der Waals surface area contributed by atoms with Crippen molar-refractivity contribution in [3.8, 4) is 11.4 Å². The first-order valence-electron chi connectivity index (χ1n) is 6.00. The van der Waals surface area contributed by atoms with Gasteiger partial charge in [0.15, 0.2) is 5.82 Å². The quantitative estimate of drug-likeness (QED) is 0.556. The maximum Gasteiger partial charge on any atom is 0.161 e. The normalized spacial score (nSPS) is 10.8. The lowest BCUT2D eigenvalue weighted by molar-refractivity contribution is 0.627. The van der Waals surface area contributed by atoms with Crippen molar-refractivity contribution < 1.29 is 4.39 Å². The van der Waals surface area contributed by atoms with Crippen LogP contribution < -0.4 is 0 Å². The van der Waals surface area contributed by atoms with Crippen molar-refractivity contribution in [3.05, 3.63) is 44.0 Å². The topological polar surface area (TPSA) is 25.8 Å². The van der Waals surface area contributed by atoms with Gasteiger partial charge in [0, 0.05) is 5.56 Å². The SMILES string of the molecule is CCCc1nc(-c2cc(C)cc(F)c2)nc(Cl)c1I. The minimum absolute atomic E-state index is 0.287. The Hall–Kier alpha value is -0.750. The highest BCUT2D eigenvalue weighted by atomic mass is 127. The van der Waals surface area contributed by atoms with Crippen molar-refractivity contribution in [2.75, 3.05) is 0 Å². The van der Waals surface area contributed by atoms with Gasteiger partial charge in [0.05, 0.1) is 9.26 Å². The summed E-state index contributed by atoms with van der Waals surface area (Å²) in [5, 5.41) is 0.427. The Morgan fingerprint density at radius 3 is 2.63 bits per heavy atom.